The molecule has 29 heavy (non-hydrogen) atoms. The molecule has 3 aromatic rings. The monoisotopic (exact) mass is 422 g/mol. The summed E-state index contributed by atoms with van der Waals surface area (Å²) in [6.07, 6.45) is 5.47. The van der Waals surface area contributed by atoms with Gasteiger partial charge < -0.3 is 5.32 Å². The second kappa shape index (κ2) is 7.04. The van der Waals surface area contributed by atoms with E-state index in [0.29, 0.717) is 16.5 Å². The van der Waals surface area contributed by atoms with Crippen molar-refractivity contribution in [1.29, 1.82) is 0 Å². The van der Waals surface area contributed by atoms with Gasteiger partial charge in [-0.2, -0.15) is 0 Å². The third kappa shape index (κ3) is 3.07. The second-order valence-electron chi connectivity index (χ2n) is 7.55. The summed E-state index contributed by atoms with van der Waals surface area (Å²) >= 11 is 1.77. The first-order chi connectivity index (χ1) is 14.1. The fourth-order valence-corrected chi connectivity index (χ4v) is 6.50. The van der Waals surface area contributed by atoms with Gasteiger partial charge in [0.25, 0.3) is 10.0 Å². The lowest BCUT2D eigenvalue weighted by atomic mass is 9.79. The van der Waals surface area contributed by atoms with E-state index in [1.54, 1.807) is 36.6 Å². The summed E-state index contributed by atoms with van der Waals surface area (Å²) in [4.78, 5) is 1.66. The molecule has 1 aliphatic heterocycles. The number of sulfonamides is 1. The molecule has 0 fully saturated rings. The van der Waals surface area contributed by atoms with Gasteiger partial charge in [0.05, 0.1) is 16.6 Å². The predicted octanol–water partition coefficient (Wildman–Crippen LogP) is 5.40. The van der Waals surface area contributed by atoms with Gasteiger partial charge in [-0.1, -0.05) is 36.4 Å². The van der Waals surface area contributed by atoms with Crippen LogP contribution in [0.3, 0.4) is 0 Å². The third-order valence-electron chi connectivity index (χ3n) is 5.96. The maximum Gasteiger partial charge on any atom is 0.264 e. The summed E-state index contributed by atoms with van der Waals surface area (Å²) in [6, 6.07) is 19.2. The second-order valence-corrected chi connectivity index (χ2v) is 10.5. The Balaban J connectivity index is 1.54. The van der Waals surface area contributed by atoms with Gasteiger partial charge >= 0.3 is 0 Å². The van der Waals surface area contributed by atoms with Gasteiger partial charge in [0, 0.05) is 23.5 Å². The average molecular weight is 423 g/mol. The van der Waals surface area contributed by atoms with Crippen LogP contribution in [0.5, 0.6) is 0 Å². The van der Waals surface area contributed by atoms with Gasteiger partial charge in [0.15, 0.2) is 0 Å². The van der Waals surface area contributed by atoms with Gasteiger partial charge in [-0.15, -0.1) is 11.3 Å². The van der Waals surface area contributed by atoms with E-state index in [0.717, 1.165) is 17.7 Å². The number of nitrogens with zero attached hydrogens (tertiary/aromatic N) is 1. The lowest BCUT2D eigenvalue weighted by Gasteiger charge is -2.37. The number of allylic oxidation sites excluding steroid dienone is 2. The molecule has 1 aliphatic carbocycles. The van der Waals surface area contributed by atoms with Crippen LogP contribution in [0.2, 0.25) is 0 Å². The van der Waals surface area contributed by atoms with E-state index in [-0.39, 0.29) is 12.0 Å². The van der Waals surface area contributed by atoms with Crippen molar-refractivity contribution < 1.29 is 8.42 Å². The van der Waals surface area contributed by atoms with Crippen molar-refractivity contribution in [3.63, 3.8) is 0 Å². The Morgan fingerprint density at radius 1 is 1.07 bits per heavy atom. The van der Waals surface area contributed by atoms with Gasteiger partial charge in [-0.05, 0) is 59.7 Å². The zero-order valence-electron chi connectivity index (χ0n) is 16.0. The van der Waals surface area contributed by atoms with Crippen LogP contribution in [0.25, 0.3) is 0 Å². The molecule has 6 heteroatoms. The Kier molecular flexibility index (Phi) is 4.48. The number of rotatable bonds is 4. The smallest absolute Gasteiger partial charge is 0.264 e. The maximum atomic E-state index is 13.3. The van der Waals surface area contributed by atoms with Crippen LogP contribution < -0.4 is 9.62 Å². The Morgan fingerprint density at radius 2 is 1.90 bits per heavy atom. The molecular formula is C23H22N2O2S2. The summed E-state index contributed by atoms with van der Waals surface area (Å²) in [5, 5.41) is 5.78. The van der Waals surface area contributed by atoms with E-state index < -0.39 is 10.0 Å². The molecule has 148 valence electrons. The molecule has 0 saturated heterocycles. The van der Waals surface area contributed by atoms with Gasteiger partial charge in [0.1, 0.15) is 0 Å². The van der Waals surface area contributed by atoms with E-state index in [4.69, 9.17) is 0 Å². The molecule has 1 N–H and O–H groups in total. The number of hydrogen-bond donors (Lipinski definition) is 1. The normalized spacial score (nSPS) is 22.6. The maximum absolute atomic E-state index is 13.3. The fraction of sp³-hybridized carbons (Fsp3) is 0.217. The van der Waals surface area contributed by atoms with Crippen molar-refractivity contribution >= 4 is 32.7 Å². The van der Waals surface area contributed by atoms with Crippen LogP contribution in [0, 0.1) is 5.92 Å². The molecule has 2 heterocycles. The Hall–Kier alpha value is -2.57. The summed E-state index contributed by atoms with van der Waals surface area (Å²) in [6.45, 7) is 0. The van der Waals surface area contributed by atoms with Gasteiger partial charge in [0.2, 0.25) is 0 Å². The van der Waals surface area contributed by atoms with E-state index in [2.05, 4.69) is 35.0 Å². The van der Waals surface area contributed by atoms with Gasteiger partial charge in [-0.3, -0.25) is 4.31 Å². The first kappa shape index (κ1) is 18.5. The number of para-hydroxylation sites is 1. The van der Waals surface area contributed by atoms with Crippen LogP contribution in [0.1, 0.15) is 28.8 Å². The van der Waals surface area contributed by atoms with E-state index >= 15 is 0 Å². The third-order valence-corrected chi connectivity index (χ3v) is 8.70. The molecule has 3 atom stereocenters. The molecule has 1 aromatic heterocycles. The molecule has 3 unspecified atom stereocenters. The predicted molar refractivity (Wildman–Crippen MR) is 119 cm³/mol. The largest absolute Gasteiger partial charge is 0.377 e. The van der Waals surface area contributed by atoms with Crippen LogP contribution in [0.15, 0.2) is 83.1 Å². The van der Waals surface area contributed by atoms with Crippen molar-refractivity contribution in [2.24, 2.45) is 5.92 Å². The van der Waals surface area contributed by atoms with Crippen LogP contribution in [-0.4, -0.2) is 15.5 Å². The molecule has 0 saturated carbocycles. The van der Waals surface area contributed by atoms with Gasteiger partial charge in [-0.25, -0.2) is 8.42 Å². The van der Waals surface area contributed by atoms with Crippen LogP contribution in [0.4, 0.5) is 11.4 Å². The Labute approximate surface area is 175 Å². The SMILES string of the molecule is CN(c1ccccc1)S(=O)(=O)c1ccc2c(c1)C1C=CCC1C(c1cccs1)N2. The van der Waals surface area contributed by atoms with Crippen molar-refractivity contribution in [1.82, 2.24) is 0 Å². The summed E-state index contributed by atoms with van der Waals surface area (Å²) < 4.78 is 27.9. The molecule has 0 spiro atoms. The molecule has 2 aliphatic rings. The Morgan fingerprint density at radius 3 is 2.66 bits per heavy atom. The lowest BCUT2D eigenvalue weighted by Crippen LogP contribution is -2.30. The van der Waals surface area contributed by atoms with Crippen LogP contribution in [-0.2, 0) is 10.0 Å². The Bertz CT molecular complexity index is 1150. The molecular weight excluding hydrogens is 400 g/mol. The highest BCUT2D eigenvalue weighted by atomic mass is 32.2. The number of fused-ring (bicyclic) bond motifs is 3. The first-order valence-corrected chi connectivity index (χ1v) is 12.0. The number of nitrogens with one attached hydrogen (secondary N) is 1. The molecule has 4 nitrogen and oxygen atoms in total. The summed E-state index contributed by atoms with van der Waals surface area (Å²) in [5.74, 6) is 0.640. The molecule has 0 amide bonds. The zero-order valence-corrected chi connectivity index (χ0v) is 17.7. The van der Waals surface area contributed by atoms with E-state index in [1.807, 2.05) is 30.3 Å². The molecule has 0 radical (unpaired) electrons. The first-order valence-electron chi connectivity index (χ1n) is 9.70. The quantitative estimate of drug-likeness (QED) is 0.573. The standard InChI is InChI=1S/C23H22N2O2S2/c1-25(16-7-3-2-4-8-16)29(26,27)17-12-13-21-20(15-17)18-9-5-10-19(18)23(24-21)22-11-6-14-28-22/h2-9,11-15,18-19,23-24H,10H2,1H3. The highest BCUT2D eigenvalue weighted by Gasteiger charge is 2.39. The van der Waals surface area contributed by atoms with Crippen molar-refractivity contribution in [3.05, 3.63) is 88.6 Å². The average Bonchev–Trinajstić information content (AvgIpc) is 3.45. The number of benzene rings is 2. The molecule has 2 aromatic carbocycles. The van der Waals surface area contributed by atoms with Crippen molar-refractivity contribution in [2.45, 2.75) is 23.3 Å². The minimum atomic E-state index is -3.63. The lowest BCUT2D eigenvalue weighted by molar-refractivity contribution is 0.429. The van der Waals surface area contributed by atoms with Crippen LogP contribution >= 0.6 is 11.3 Å². The highest BCUT2D eigenvalue weighted by molar-refractivity contribution is 7.92. The fourth-order valence-electron chi connectivity index (χ4n) is 4.42. The topological polar surface area (TPSA) is 49.4 Å². The van der Waals surface area contributed by atoms with E-state index in [1.165, 1.54) is 9.18 Å². The van der Waals surface area contributed by atoms with Crippen molar-refractivity contribution in [2.75, 3.05) is 16.7 Å². The molecule has 5 rings (SSSR count). The van der Waals surface area contributed by atoms with E-state index in [9.17, 15) is 8.42 Å². The zero-order chi connectivity index (χ0) is 20.0. The van der Waals surface area contributed by atoms with Crippen molar-refractivity contribution in [3.8, 4) is 0 Å². The molecule has 0 bridgehead atoms. The number of thiophene rings is 1. The summed E-state index contributed by atoms with van der Waals surface area (Å²) in [7, 11) is -2.02. The number of anilines is 2. The highest BCUT2D eigenvalue weighted by Crippen LogP contribution is 2.50. The minimum absolute atomic E-state index is 0.232. The summed E-state index contributed by atoms with van der Waals surface area (Å²) in [5.41, 5.74) is 2.75. The number of hydrogen-bond acceptors (Lipinski definition) is 4. The minimum Gasteiger partial charge on any atom is -0.377 e.